The quantitative estimate of drug-likeness (QED) is 0.799. The number of hydrogen-bond donors (Lipinski definition) is 0. The molecule has 0 radical (unpaired) electrons. The number of nitrogens with zero attached hydrogens (tertiary/aromatic N) is 2. The maximum Gasteiger partial charge on any atom is 0.227 e. The molecule has 1 aromatic carbocycles. The van der Waals surface area contributed by atoms with Crippen molar-refractivity contribution in [2.75, 3.05) is 6.54 Å². The van der Waals surface area contributed by atoms with Crippen molar-refractivity contribution in [3.63, 3.8) is 0 Å². The highest BCUT2D eigenvalue weighted by atomic mass is 16.2. The standard InChI is InChI=1S/C15H20N2O/c1-12(2)17(9-5-8-16)15(18)11-14-7-4-6-13(3)10-14/h4,6-7,10,12H,5,9,11H2,1-3H3. The third-order valence-corrected chi connectivity index (χ3v) is 2.85. The van der Waals surface area contributed by atoms with Gasteiger partial charge < -0.3 is 4.90 Å². The monoisotopic (exact) mass is 244 g/mol. The summed E-state index contributed by atoms with van der Waals surface area (Å²) in [6.07, 6.45) is 0.795. The number of carbonyl (C=O) groups excluding carboxylic acids is 1. The van der Waals surface area contributed by atoms with Crippen LogP contribution < -0.4 is 0 Å². The average Bonchev–Trinajstić information content (AvgIpc) is 2.29. The maximum atomic E-state index is 12.2. The summed E-state index contributed by atoms with van der Waals surface area (Å²) in [5.41, 5.74) is 2.19. The smallest absolute Gasteiger partial charge is 0.227 e. The summed E-state index contributed by atoms with van der Waals surface area (Å²) in [5, 5.41) is 8.62. The molecule has 0 bridgehead atoms. The Morgan fingerprint density at radius 2 is 2.17 bits per heavy atom. The molecule has 0 spiro atoms. The average molecular weight is 244 g/mol. The summed E-state index contributed by atoms with van der Waals surface area (Å²) in [4.78, 5) is 14.0. The van der Waals surface area contributed by atoms with E-state index in [0.717, 1.165) is 11.1 Å². The minimum Gasteiger partial charge on any atom is -0.339 e. The highest BCUT2D eigenvalue weighted by Crippen LogP contribution is 2.09. The predicted molar refractivity (Wildman–Crippen MR) is 72.0 cm³/mol. The Bertz CT molecular complexity index is 446. The van der Waals surface area contributed by atoms with Crippen molar-refractivity contribution < 1.29 is 4.79 Å². The molecular weight excluding hydrogens is 224 g/mol. The molecule has 0 unspecified atom stereocenters. The summed E-state index contributed by atoms with van der Waals surface area (Å²) in [6.45, 7) is 6.49. The Balaban J connectivity index is 2.70. The number of aryl methyl sites for hydroxylation is 1. The molecule has 3 nitrogen and oxygen atoms in total. The number of nitriles is 1. The number of rotatable bonds is 5. The van der Waals surface area contributed by atoms with Crippen LogP contribution in [0, 0.1) is 18.3 Å². The molecule has 3 heteroatoms. The maximum absolute atomic E-state index is 12.2. The Hall–Kier alpha value is -1.82. The molecule has 0 atom stereocenters. The number of carbonyl (C=O) groups is 1. The summed E-state index contributed by atoms with van der Waals surface area (Å²) < 4.78 is 0. The fraction of sp³-hybridized carbons (Fsp3) is 0.467. The first-order chi connectivity index (χ1) is 8.54. The van der Waals surface area contributed by atoms with Gasteiger partial charge in [-0.25, -0.2) is 0 Å². The second kappa shape index (κ2) is 6.80. The molecule has 96 valence electrons. The molecule has 18 heavy (non-hydrogen) atoms. The van der Waals surface area contributed by atoms with E-state index in [1.807, 2.05) is 45.0 Å². The molecule has 1 aromatic rings. The Labute approximate surface area is 109 Å². The predicted octanol–water partition coefficient (Wildman–Crippen LogP) is 2.69. The van der Waals surface area contributed by atoms with Gasteiger partial charge in [0.1, 0.15) is 0 Å². The minimum absolute atomic E-state index is 0.0888. The van der Waals surface area contributed by atoms with Crippen LogP contribution in [0.4, 0.5) is 0 Å². The molecule has 1 rings (SSSR count). The van der Waals surface area contributed by atoms with E-state index in [1.165, 1.54) is 0 Å². The molecule has 0 aliphatic heterocycles. The lowest BCUT2D eigenvalue weighted by molar-refractivity contribution is -0.132. The van der Waals surface area contributed by atoms with Crippen molar-refractivity contribution in [2.45, 2.75) is 39.7 Å². The van der Waals surface area contributed by atoms with E-state index in [0.29, 0.717) is 19.4 Å². The third kappa shape index (κ3) is 4.21. The first kappa shape index (κ1) is 14.2. The van der Waals surface area contributed by atoms with Gasteiger partial charge in [-0.3, -0.25) is 4.79 Å². The van der Waals surface area contributed by atoms with Gasteiger partial charge in [0.2, 0.25) is 5.91 Å². The van der Waals surface area contributed by atoms with Crippen LogP contribution in [0.15, 0.2) is 24.3 Å². The SMILES string of the molecule is Cc1cccc(CC(=O)N(CCC#N)C(C)C)c1. The van der Waals surface area contributed by atoms with Crippen LogP contribution in [0.1, 0.15) is 31.4 Å². The third-order valence-electron chi connectivity index (χ3n) is 2.85. The van der Waals surface area contributed by atoms with E-state index in [-0.39, 0.29) is 11.9 Å². The zero-order valence-electron chi connectivity index (χ0n) is 11.3. The van der Waals surface area contributed by atoms with Crippen LogP contribution in [0.3, 0.4) is 0 Å². The molecule has 0 aromatic heterocycles. The lowest BCUT2D eigenvalue weighted by Crippen LogP contribution is -2.38. The van der Waals surface area contributed by atoms with Crippen molar-refractivity contribution in [1.29, 1.82) is 5.26 Å². The van der Waals surface area contributed by atoms with Crippen LogP contribution in [-0.4, -0.2) is 23.4 Å². The lowest BCUT2D eigenvalue weighted by atomic mass is 10.1. The Morgan fingerprint density at radius 1 is 1.44 bits per heavy atom. The van der Waals surface area contributed by atoms with Crippen molar-refractivity contribution in [3.8, 4) is 6.07 Å². The zero-order valence-corrected chi connectivity index (χ0v) is 11.3. The van der Waals surface area contributed by atoms with Crippen LogP contribution in [0.5, 0.6) is 0 Å². The first-order valence-corrected chi connectivity index (χ1v) is 6.26. The number of amides is 1. The highest BCUT2D eigenvalue weighted by molar-refractivity contribution is 5.79. The summed E-state index contributed by atoms with van der Waals surface area (Å²) in [7, 11) is 0. The number of benzene rings is 1. The number of hydrogen-bond acceptors (Lipinski definition) is 2. The molecule has 0 saturated carbocycles. The molecular formula is C15H20N2O. The van der Waals surface area contributed by atoms with Crippen LogP contribution in [0.25, 0.3) is 0 Å². The molecule has 0 aliphatic carbocycles. The second-order valence-corrected chi connectivity index (χ2v) is 4.75. The largest absolute Gasteiger partial charge is 0.339 e. The van der Waals surface area contributed by atoms with Gasteiger partial charge in [-0.2, -0.15) is 5.26 Å². The Morgan fingerprint density at radius 3 is 2.72 bits per heavy atom. The van der Waals surface area contributed by atoms with Gasteiger partial charge in [0, 0.05) is 12.6 Å². The van der Waals surface area contributed by atoms with E-state index in [4.69, 9.17) is 5.26 Å². The lowest BCUT2D eigenvalue weighted by Gasteiger charge is -2.26. The van der Waals surface area contributed by atoms with Gasteiger partial charge in [0.15, 0.2) is 0 Å². The van der Waals surface area contributed by atoms with E-state index in [9.17, 15) is 4.79 Å². The molecule has 1 amide bonds. The van der Waals surface area contributed by atoms with E-state index < -0.39 is 0 Å². The van der Waals surface area contributed by atoms with Crippen LogP contribution in [0.2, 0.25) is 0 Å². The van der Waals surface area contributed by atoms with E-state index in [1.54, 1.807) is 4.90 Å². The van der Waals surface area contributed by atoms with Gasteiger partial charge in [0.05, 0.1) is 18.9 Å². The van der Waals surface area contributed by atoms with Gasteiger partial charge >= 0.3 is 0 Å². The van der Waals surface area contributed by atoms with E-state index in [2.05, 4.69) is 6.07 Å². The highest BCUT2D eigenvalue weighted by Gasteiger charge is 2.16. The topological polar surface area (TPSA) is 44.1 Å². The summed E-state index contributed by atoms with van der Waals surface area (Å²) in [5.74, 6) is 0.0888. The van der Waals surface area contributed by atoms with Crippen LogP contribution >= 0.6 is 0 Å². The summed E-state index contributed by atoms with van der Waals surface area (Å²) >= 11 is 0. The molecule has 0 heterocycles. The molecule has 0 saturated heterocycles. The second-order valence-electron chi connectivity index (χ2n) is 4.75. The Kier molecular flexibility index (Phi) is 5.38. The summed E-state index contributed by atoms with van der Waals surface area (Å²) in [6, 6.07) is 10.2. The van der Waals surface area contributed by atoms with Crippen molar-refractivity contribution >= 4 is 5.91 Å². The van der Waals surface area contributed by atoms with Crippen LogP contribution in [-0.2, 0) is 11.2 Å². The molecule has 0 aliphatic rings. The molecule has 0 fully saturated rings. The zero-order chi connectivity index (χ0) is 13.5. The normalized spacial score (nSPS) is 10.2. The van der Waals surface area contributed by atoms with Gasteiger partial charge in [-0.15, -0.1) is 0 Å². The minimum atomic E-state index is 0.0888. The van der Waals surface area contributed by atoms with Crippen molar-refractivity contribution in [2.24, 2.45) is 0 Å². The fourth-order valence-corrected chi connectivity index (χ4v) is 1.94. The van der Waals surface area contributed by atoms with Gasteiger partial charge in [-0.1, -0.05) is 29.8 Å². The van der Waals surface area contributed by atoms with Crippen molar-refractivity contribution in [3.05, 3.63) is 35.4 Å². The first-order valence-electron chi connectivity index (χ1n) is 6.26. The fourth-order valence-electron chi connectivity index (χ4n) is 1.94. The van der Waals surface area contributed by atoms with Gasteiger partial charge in [0.25, 0.3) is 0 Å². The van der Waals surface area contributed by atoms with Crippen molar-refractivity contribution in [1.82, 2.24) is 4.90 Å². The van der Waals surface area contributed by atoms with Gasteiger partial charge in [-0.05, 0) is 26.3 Å². The van der Waals surface area contributed by atoms with E-state index >= 15 is 0 Å². The molecule has 0 N–H and O–H groups in total.